The van der Waals surface area contributed by atoms with E-state index < -0.39 is 47.6 Å². The highest BCUT2D eigenvalue weighted by Crippen LogP contribution is 2.61. The first-order chi connectivity index (χ1) is 27.0. The Balaban J connectivity index is 1.31. The summed E-state index contributed by atoms with van der Waals surface area (Å²) in [4.78, 5) is 54.2. The number of nitrogens with one attached hydrogen (secondary N) is 4. The third-order valence-electron chi connectivity index (χ3n) is 11.5. The van der Waals surface area contributed by atoms with E-state index in [0.717, 1.165) is 44.4 Å². The van der Waals surface area contributed by atoms with Gasteiger partial charge in [-0.2, -0.15) is 4.98 Å². The topological polar surface area (TPSA) is 194 Å². The highest BCUT2D eigenvalue weighted by atomic mass is 16.5. The lowest BCUT2D eigenvalue weighted by Crippen LogP contribution is -2.52. The fourth-order valence-electron chi connectivity index (χ4n) is 8.73. The van der Waals surface area contributed by atoms with E-state index in [4.69, 9.17) is 28.3 Å². The minimum absolute atomic E-state index is 0.0108. The molecule has 0 fully saturated rings. The molecule has 0 saturated carbocycles. The largest absolute Gasteiger partial charge is 0.469 e. The van der Waals surface area contributed by atoms with Gasteiger partial charge in [0.25, 0.3) is 0 Å². The zero-order valence-electron chi connectivity index (χ0n) is 31.1. The number of nitrogens with zero attached hydrogens (tertiary/aromatic N) is 2. The molecule has 2 amide bonds. The number of fused-ring (bicyclic) bond motifs is 7. The van der Waals surface area contributed by atoms with Gasteiger partial charge in [0.15, 0.2) is 29.1 Å². The highest BCUT2D eigenvalue weighted by molar-refractivity contribution is 6.10. The highest BCUT2D eigenvalue weighted by Gasteiger charge is 2.62. The normalized spacial score (nSPS) is 21.7. The molecule has 7 heterocycles. The maximum absolute atomic E-state index is 14.2. The Morgan fingerprint density at radius 2 is 1.79 bits per heavy atom. The molecule has 1 spiro atoms. The molecule has 0 radical (unpaired) electrons. The number of carbonyl (C=O) groups excluding carboxylic acids is 3. The Kier molecular flexibility index (Phi) is 7.34. The molecule has 3 aromatic carbocycles. The second kappa shape index (κ2) is 12.0. The number of para-hydroxylation sites is 1. The van der Waals surface area contributed by atoms with Crippen LogP contribution in [0.25, 0.3) is 44.9 Å². The summed E-state index contributed by atoms with van der Waals surface area (Å²) in [6, 6.07) is 15.9. The van der Waals surface area contributed by atoms with Gasteiger partial charge < -0.3 is 44.3 Å². The lowest BCUT2D eigenvalue weighted by atomic mass is 9.72. The number of H-pyrrole nitrogens is 1. The van der Waals surface area contributed by atoms with Crippen molar-refractivity contribution in [2.75, 3.05) is 12.4 Å². The monoisotopic (exact) mass is 754 g/mol. The summed E-state index contributed by atoms with van der Waals surface area (Å²) in [5.41, 5.74) is 5.30. The minimum Gasteiger partial charge on any atom is -0.469 e. The van der Waals surface area contributed by atoms with Crippen LogP contribution >= 0.6 is 0 Å². The number of carbonyl (C=O) groups is 3. The molecule has 4 aliphatic heterocycles. The molecule has 6 aromatic rings. The maximum atomic E-state index is 14.2. The summed E-state index contributed by atoms with van der Waals surface area (Å²) in [5.74, 6) is -1.16. The standard InChI is InChI=1S/C42H38N6O8/c1-17(2)29-38-47-32-35(56-38)42-23-10-6-9-21(20-8-7-11-25-28(20)22(16-43-25)34-31(40(52)53-5)46-39(32)55-34)30(23)48-41(42)54-27-13-12-19(14-24(27)42)15-26(36(50)45-29)44-37(51)33(49)18(3)4/h6-14,16-18,26,29,33,41,43,48-49H,15H2,1-5H3,(H,44,51)(H,45,50)/t26-,29-,33-,41?,42?/m0/s1. The van der Waals surface area contributed by atoms with E-state index in [9.17, 15) is 19.5 Å². The van der Waals surface area contributed by atoms with E-state index in [1.54, 1.807) is 20.0 Å². The first kappa shape index (κ1) is 34.1. The van der Waals surface area contributed by atoms with E-state index in [1.165, 1.54) is 7.11 Å². The molecule has 0 saturated heterocycles. The predicted molar refractivity (Wildman–Crippen MR) is 203 cm³/mol. The van der Waals surface area contributed by atoms with Crippen molar-refractivity contribution in [1.29, 1.82) is 0 Å². The van der Waals surface area contributed by atoms with Crippen molar-refractivity contribution in [2.45, 2.75) is 63.9 Å². The maximum Gasteiger partial charge on any atom is 0.360 e. The van der Waals surface area contributed by atoms with Crippen LogP contribution in [0.5, 0.6) is 5.75 Å². The Morgan fingerprint density at radius 3 is 2.57 bits per heavy atom. The number of hydrogen-bond acceptors (Lipinski definition) is 11. The lowest BCUT2D eigenvalue weighted by Gasteiger charge is -2.29. The van der Waals surface area contributed by atoms with Crippen molar-refractivity contribution >= 4 is 34.4 Å². The van der Waals surface area contributed by atoms with Crippen LogP contribution in [0.2, 0.25) is 0 Å². The number of aromatic amines is 1. The number of amides is 2. The molecule has 10 rings (SSSR count). The minimum atomic E-state index is -1.31. The number of aromatic nitrogens is 3. The molecule has 284 valence electrons. The summed E-state index contributed by atoms with van der Waals surface area (Å²) in [6.45, 7) is 7.31. The van der Waals surface area contributed by atoms with Gasteiger partial charge in [0.05, 0.1) is 7.11 Å². The number of benzene rings is 3. The number of hydrogen-bond donors (Lipinski definition) is 5. The summed E-state index contributed by atoms with van der Waals surface area (Å²) >= 11 is 0. The summed E-state index contributed by atoms with van der Waals surface area (Å²) in [7, 11) is 1.29. The number of aliphatic hydroxyl groups is 1. The fourth-order valence-corrected chi connectivity index (χ4v) is 8.73. The van der Waals surface area contributed by atoms with Crippen LogP contribution in [-0.4, -0.2) is 63.3 Å². The number of ether oxygens (including phenoxy) is 2. The van der Waals surface area contributed by atoms with Crippen molar-refractivity contribution in [3.63, 3.8) is 0 Å². The quantitative estimate of drug-likeness (QED) is 0.138. The van der Waals surface area contributed by atoms with Crippen molar-refractivity contribution in [3.8, 4) is 39.8 Å². The third-order valence-corrected chi connectivity index (χ3v) is 11.5. The number of anilines is 1. The number of rotatable bonds is 5. The van der Waals surface area contributed by atoms with Crippen LogP contribution < -0.4 is 20.7 Å². The molecule has 5 atom stereocenters. The lowest BCUT2D eigenvalue weighted by molar-refractivity contribution is -0.135. The number of esters is 1. The molecule has 14 heteroatoms. The molecule has 3 aromatic heterocycles. The van der Waals surface area contributed by atoms with Crippen molar-refractivity contribution in [1.82, 2.24) is 25.6 Å². The van der Waals surface area contributed by atoms with Crippen LogP contribution in [0, 0.1) is 11.8 Å². The smallest absolute Gasteiger partial charge is 0.360 e. The Labute approximate surface area is 320 Å². The first-order valence-electron chi connectivity index (χ1n) is 18.7. The summed E-state index contributed by atoms with van der Waals surface area (Å²) in [5, 5.41) is 21.1. The molecule has 14 nitrogen and oxygen atoms in total. The van der Waals surface area contributed by atoms with Crippen LogP contribution in [0.1, 0.15) is 72.6 Å². The Hall–Kier alpha value is -6.41. The second-order valence-corrected chi connectivity index (χ2v) is 15.5. The van der Waals surface area contributed by atoms with Gasteiger partial charge in [0, 0.05) is 51.5 Å². The fraction of sp³-hybridized carbons (Fsp3) is 0.310. The molecular formula is C42H38N6O8. The van der Waals surface area contributed by atoms with Crippen LogP contribution in [0.3, 0.4) is 0 Å². The molecule has 0 aliphatic carbocycles. The third kappa shape index (κ3) is 4.62. The number of aliphatic hydroxyl groups excluding tert-OH is 1. The van der Waals surface area contributed by atoms with Gasteiger partial charge in [0.2, 0.25) is 23.6 Å². The number of methoxy groups -OCH3 is 1. The molecular weight excluding hydrogens is 716 g/mol. The predicted octanol–water partition coefficient (Wildman–Crippen LogP) is 5.59. The van der Waals surface area contributed by atoms with Crippen LogP contribution in [0.15, 0.2) is 69.6 Å². The van der Waals surface area contributed by atoms with Crippen LogP contribution in [-0.2, 0) is 26.2 Å². The van der Waals surface area contributed by atoms with Gasteiger partial charge in [-0.05, 0) is 35.1 Å². The SMILES string of the molecule is COC(=O)c1nc2oc1-c1c[nH]c3cccc(c13)-c1cccc3c1NC1Oc4ccc5cc4C31c1oc(nc1-2)[C@H](C(C)C)NC(=O)[C@@H](NC(=O)[C@@H](O)C(C)C)C5. The Morgan fingerprint density at radius 1 is 0.982 bits per heavy atom. The van der Waals surface area contributed by atoms with E-state index in [0.29, 0.717) is 17.1 Å². The number of oxazole rings is 2. The zero-order chi connectivity index (χ0) is 38.8. The molecule has 2 unspecified atom stereocenters. The van der Waals surface area contributed by atoms with Gasteiger partial charge in [-0.1, -0.05) is 70.2 Å². The van der Waals surface area contributed by atoms with Crippen LogP contribution in [0.4, 0.5) is 5.69 Å². The van der Waals surface area contributed by atoms with Crippen molar-refractivity contribution < 1.29 is 37.8 Å². The Bertz CT molecular complexity index is 2650. The van der Waals surface area contributed by atoms with E-state index in [-0.39, 0.29) is 47.2 Å². The van der Waals surface area contributed by atoms with Crippen molar-refractivity contribution in [2.24, 2.45) is 11.8 Å². The zero-order valence-corrected chi connectivity index (χ0v) is 31.1. The molecule has 5 N–H and O–H groups in total. The molecule has 4 aliphatic rings. The molecule has 56 heavy (non-hydrogen) atoms. The van der Waals surface area contributed by atoms with Gasteiger partial charge >= 0.3 is 5.97 Å². The average Bonchev–Trinajstić information content (AvgIpc) is 4.01. The summed E-state index contributed by atoms with van der Waals surface area (Å²) in [6.07, 6.45) is -0.153. The molecule has 10 bridgehead atoms. The average molecular weight is 755 g/mol. The van der Waals surface area contributed by atoms with Gasteiger partial charge in [-0.3, -0.25) is 9.59 Å². The van der Waals surface area contributed by atoms with E-state index in [1.807, 2.05) is 68.4 Å². The van der Waals surface area contributed by atoms with Gasteiger partial charge in [-0.15, -0.1) is 0 Å². The van der Waals surface area contributed by atoms with Crippen molar-refractivity contribution in [3.05, 3.63) is 94.8 Å². The second-order valence-electron chi connectivity index (χ2n) is 15.5. The van der Waals surface area contributed by atoms with Gasteiger partial charge in [0.1, 0.15) is 29.4 Å². The van der Waals surface area contributed by atoms with E-state index in [2.05, 4.69) is 20.9 Å². The van der Waals surface area contributed by atoms with E-state index >= 15 is 0 Å². The summed E-state index contributed by atoms with van der Waals surface area (Å²) < 4.78 is 25.7. The first-order valence-corrected chi connectivity index (χ1v) is 18.7. The van der Waals surface area contributed by atoms with Gasteiger partial charge in [-0.25, -0.2) is 9.78 Å².